The second-order valence-electron chi connectivity index (χ2n) is 8.49. The van der Waals surface area contributed by atoms with Gasteiger partial charge < -0.3 is 14.3 Å². The Kier molecular flexibility index (Phi) is 5.90. The molecule has 0 bridgehead atoms. The maximum Gasteiger partial charge on any atom is 0.296 e. The van der Waals surface area contributed by atoms with Gasteiger partial charge in [0.15, 0.2) is 16.7 Å². The van der Waals surface area contributed by atoms with Crippen molar-refractivity contribution in [1.29, 1.82) is 0 Å². The van der Waals surface area contributed by atoms with E-state index in [1.54, 1.807) is 24.3 Å². The van der Waals surface area contributed by atoms with Gasteiger partial charge in [-0.1, -0.05) is 36.5 Å². The number of ketones is 1. The second-order valence-corrected chi connectivity index (χ2v) is 9.50. The first-order chi connectivity index (χ1) is 16.9. The van der Waals surface area contributed by atoms with E-state index in [-0.39, 0.29) is 11.3 Å². The van der Waals surface area contributed by atoms with Crippen molar-refractivity contribution < 1.29 is 23.8 Å². The van der Waals surface area contributed by atoms with Gasteiger partial charge in [-0.2, -0.15) is 0 Å². The van der Waals surface area contributed by atoms with Gasteiger partial charge in [0.25, 0.3) is 5.91 Å². The van der Waals surface area contributed by atoms with Crippen molar-refractivity contribution in [3.05, 3.63) is 88.6 Å². The first-order valence-corrected chi connectivity index (χ1v) is 12.2. The summed E-state index contributed by atoms with van der Waals surface area (Å²) < 4.78 is 12.0. The predicted octanol–water partition coefficient (Wildman–Crippen LogP) is 6.08. The number of benzene rings is 2. The molecule has 2 aromatic carbocycles. The number of hydrogen-bond acceptors (Lipinski definition) is 7. The van der Waals surface area contributed by atoms with Gasteiger partial charge in [-0.3, -0.25) is 14.5 Å². The third kappa shape index (κ3) is 4.00. The minimum absolute atomic E-state index is 0.0420. The zero-order valence-corrected chi connectivity index (χ0v) is 20.4. The fourth-order valence-electron chi connectivity index (χ4n) is 4.35. The molecular weight excluding hydrogens is 464 g/mol. The van der Waals surface area contributed by atoms with Crippen molar-refractivity contribution in [3.63, 3.8) is 0 Å². The molecule has 1 atom stereocenters. The van der Waals surface area contributed by atoms with Crippen LogP contribution >= 0.6 is 11.3 Å². The average Bonchev–Trinajstić information content (AvgIpc) is 3.57. The minimum Gasteiger partial charge on any atom is -0.503 e. The Morgan fingerprint density at radius 3 is 2.77 bits per heavy atom. The van der Waals surface area contributed by atoms with Crippen LogP contribution in [0.5, 0.6) is 5.75 Å². The zero-order valence-electron chi connectivity index (χ0n) is 19.6. The number of ether oxygens (including phenoxy) is 1. The molecule has 0 saturated carbocycles. The molecule has 0 saturated heterocycles. The zero-order chi connectivity index (χ0) is 24.7. The highest BCUT2D eigenvalue weighted by Gasteiger charge is 2.46. The molecule has 178 valence electrons. The second kappa shape index (κ2) is 9.03. The van der Waals surface area contributed by atoms with Crippen molar-refractivity contribution in [3.8, 4) is 5.75 Å². The number of aromatic nitrogens is 1. The Balaban J connectivity index is 1.67. The molecule has 1 aliphatic rings. The van der Waals surface area contributed by atoms with E-state index in [9.17, 15) is 14.7 Å². The highest BCUT2D eigenvalue weighted by Crippen LogP contribution is 2.45. The van der Waals surface area contributed by atoms with Gasteiger partial charge in [-0.05, 0) is 67.3 Å². The molecule has 0 radical (unpaired) electrons. The SMILES string of the molecule is CCCOc1cccc(C2C(C(=O)c3ccco3)=C(O)C(=O)N2c2nc3c(C)cc(C)cc3s2)c1. The lowest BCUT2D eigenvalue weighted by Crippen LogP contribution is -2.31. The summed E-state index contributed by atoms with van der Waals surface area (Å²) in [7, 11) is 0. The number of thiazole rings is 1. The van der Waals surface area contributed by atoms with Crippen molar-refractivity contribution in [2.75, 3.05) is 11.5 Å². The highest BCUT2D eigenvalue weighted by molar-refractivity contribution is 7.22. The Morgan fingerprint density at radius 1 is 1.20 bits per heavy atom. The fourth-order valence-corrected chi connectivity index (χ4v) is 5.52. The number of amides is 1. The number of nitrogens with zero attached hydrogens (tertiary/aromatic N) is 2. The summed E-state index contributed by atoms with van der Waals surface area (Å²) in [5.74, 6) is -1.19. The van der Waals surface area contributed by atoms with Crippen molar-refractivity contribution in [2.24, 2.45) is 0 Å². The topological polar surface area (TPSA) is 92.9 Å². The quantitative estimate of drug-likeness (QED) is 0.317. The van der Waals surface area contributed by atoms with Crippen LogP contribution in [0.15, 0.2) is 70.5 Å². The smallest absolute Gasteiger partial charge is 0.296 e. The minimum atomic E-state index is -0.896. The molecular formula is C27H24N2O5S. The summed E-state index contributed by atoms with van der Waals surface area (Å²) in [5, 5.41) is 11.3. The van der Waals surface area contributed by atoms with Crippen molar-refractivity contribution in [1.82, 2.24) is 4.98 Å². The molecule has 1 amide bonds. The number of aliphatic hydroxyl groups is 1. The van der Waals surface area contributed by atoms with E-state index in [4.69, 9.17) is 14.1 Å². The normalized spacial score (nSPS) is 15.9. The molecule has 35 heavy (non-hydrogen) atoms. The van der Waals surface area contributed by atoms with Crippen LogP contribution in [-0.4, -0.2) is 28.4 Å². The molecule has 3 heterocycles. The number of aryl methyl sites for hydroxylation is 2. The molecule has 7 nitrogen and oxygen atoms in total. The molecule has 0 fully saturated rings. The van der Waals surface area contributed by atoms with E-state index < -0.39 is 23.5 Å². The maximum absolute atomic E-state index is 13.4. The molecule has 1 N–H and O–H groups in total. The lowest BCUT2D eigenvalue weighted by atomic mass is 9.95. The van der Waals surface area contributed by atoms with Crippen LogP contribution in [0.3, 0.4) is 0 Å². The van der Waals surface area contributed by atoms with E-state index >= 15 is 0 Å². The number of Topliss-reactive ketones (excluding diaryl/α,β-unsaturated/α-hetero) is 1. The van der Waals surface area contributed by atoms with E-state index in [0.29, 0.717) is 23.1 Å². The number of carbonyl (C=O) groups is 2. The van der Waals surface area contributed by atoms with Crippen LogP contribution in [0.2, 0.25) is 0 Å². The highest BCUT2D eigenvalue weighted by atomic mass is 32.1. The fraction of sp³-hybridized carbons (Fsp3) is 0.222. The molecule has 2 aromatic heterocycles. The molecule has 0 aliphatic carbocycles. The van der Waals surface area contributed by atoms with Gasteiger partial charge in [0.1, 0.15) is 5.75 Å². The third-order valence-electron chi connectivity index (χ3n) is 5.87. The molecule has 1 aliphatic heterocycles. The maximum atomic E-state index is 13.4. The van der Waals surface area contributed by atoms with Gasteiger partial charge >= 0.3 is 0 Å². The van der Waals surface area contributed by atoms with Crippen LogP contribution in [0, 0.1) is 13.8 Å². The number of fused-ring (bicyclic) bond motifs is 1. The van der Waals surface area contributed by atoms with E-state index in [1.807, 2.05) is 39.0 Å². The molecule has 8 heteroatoms. The van der Waals surface area contributed by atoms with Gasteiger partial charge in [-0.15, -0.1) is 0 Å². The predicted molar refractivity (Wildman–Crippen MR) is 134 cm³/mol. The van der Waals surface area contributed by atoms with Gasteiger partial charge in [-0.25, -0.2) is 4.98 Å². The summed E-state index contributed by atoms with van der Waals surface area (Å²) in [6.07, 6.45) is 2.22. The van der Waals surface area contributed by atoms with Gasteiger partial charge in [0.05, 0.1) is 34.7 Å². The van der Waals surface area contributed by atoms with Crippen molar-refractivity contribution >= 4 is 38.4 Å². The van der Waals surface area contributed by atoms with E-state index in [0.717, 1.165) is 27.8 Å². The number of carbonyl (C=O) groups excluding carboxylic acids is 2. The third-order valence-corrected chi connectivity index (χ3v) is 6.87. The number of rotatable bonds is 7. The van der Waals surface area contributed by atoms with Crippen LogP contribution in [0.1, 0.15) is 46.6 Å². The first kappa shape index (κ1) is 22.9. The summed E-state index contributed by atoms with van der Waals surface area (Å²) in [5.41, 5.74) is 3.44. The molecule has 4 aromatic rings. The Hall–Kier alpha value is -3.91. The standard InChI is InChI=1S/C27H24N2O5S/c1-4-10-33-18-8-5-7-17(14-18)23-21(24(30)19-9-6-11-34-19)25(31)26(32)29(23)27-28-22-16(3)12-15(2)13-20(22)35-27/h5-9,11-14,23,31H,4,10H2,1-3H3. The van der Waals surface area contributed by atoms with E-state index in [2.05, 4.69) is 0 Å². The Morgan fingerprint density at radius 2 is 2.03 bits per heavy atom. The molecule has 0 spiro atoms. The number of anilines is 1. The summed E-state index contributed by atoms with van der Waals surface area (Å²) in [4.78, 5) is 33.0. The number of hydrogen-bond donors (Lipinski definition) is 1. The van der Waals surface area contributed by atoms with E-state index in [1.165, 1.54) is 28.6 Å². The Labute approximate surface area is 206 Å². The lowest BCUT2D eigenvalue weighted by Gasteiger charge is -2.24. The van der Waals surface area contributed by atoms with Crippen LogP contribution in [0.25, 0.3) is 10.2 Å². The van der Waals surface area contributed by atoms with Gasteiger partial charge in [0, 0.05) is 0 Å². The summed E-state index contributed by atoms with van der Waals surface area (Å²) >= 11 is 1.35. The lowest BCUT2D eigenvalue weighted by molar-refractivity contribution is -0.117. The van der Waals surface area contributed by atoms with Crippen LogP contribution in [0.4, 0.5) is 5.13 Å². The number of aliphatic hydroxyl groups excluding tert-OH is 1. The monoisotopic (exact) mass is 488 g/mol. The van der Waals surface area contributed by atoms with Crippen LogP contribution in [-0.2, 0) is 4.79 Å². The summed E-state index contributed by atoms with van der Waals surface area (Å²) in [6.45, 7) is 6.52. The van der Waals surface area contributed by atoms with Crippen molar-refractivity contribution in [2.45, 2.75) is 33.2 Å². The first-order valence-electron chi connectivity index (χ1n) is 11.3. The number of furan rings is 1. The molecule has 1 unspecified atom stereocenters. The average molecular weight is 489 g/mol. The molecule has 5 rings (SSSR count). The van der Waals surface area contributed by atoms with Gasteiger partial charge in [0.2, 0.25) is 5.78 Å². The largest absolute Gasteiger partial charge is 0.503 e. The Bertz CT molecular complexity index is 1470. The van der Waals surface area contributed by atoms with Crippen LogP contribution < -0.4 is 9.64 Å². The summed E-state index contributed by atoms with van der Waals surface area (Å²) in [6, 6.07) is 13.5.